The maximum atomic E-state index is 9.03. The zero-order valence-corrected chi connectivity index (χ0v) is 12.9. The molecule has 6 heteroatoms. The SMILES string of the molecule is CCNc1cc(N(CCCO)C(C)C)nc(COC)n1. The molecule has 0 aliphatic carbocycles. The minimum atomic E-state index is 0.180. The minimum absolute atomic E-state index is 0.180. The van der Waals surface area contributed by atoms with Crippen LogP contribution in [0.1, 0.15) is 33.0 Å². The summed E-state index contributed by atoms with van der Waals surface area (Å²) < 4.78 is 5.13. The van der Waals surface area contributed by atoms with Gasteiger partial charge in [-0.3, -0.25) is 0 Å². The van der Waals surface area contributed by atoms with E-state index in [1.807, 2.05) is 13.0 Å². The van der Waals surface area contributed by atoms with Gasteiger partial charge in [-0.1, -0.05) is 0 Å². The predicted octanol–water partition coefficient (Wildman–Crippen LogP) is 1.65. The average molecular weight is 282 g/mol. The average Bonchev–Trinajstić information content (AvgIpc) is 2.39. The summed E-state index contributed by atoms with van der Waals surface area (Å²) in [5.41, 5.74) is 0. The minimum Gasteiger partial charge on any atom is -0.396 e. The fourth-order valence-electron chi connectivity index (χ4n) is 1.97. The van der Waals surface area contributed by atoms with Crippen molar-refractivity contribution in [2.24, 2.45) is 0 Å². The van der Waals surface area contributed by atoms with Gasteiger partial charge in [0.25, 0.3) is 0 Å². The van der Waals surface area contributed by atoms with E-state index in [2.05, 4.69) is 34.0 Å². The van der Waals surface area contributed by atoms with Crippen molar-refractivity contribution in [2.75, 3.05) is 37.0 Å². The van der Waals surface area contributed by atoms with E-state index in [0.29, 0.717) is 18.5 Å². The Morgan fingerprint density at radius 1 is 1.40 bits per heavy atom. The molecule has 1 rings (SSSR count). The lowest BCUT2D eigenvalue weighted by molar-refractivity contribution is 0.178. The first-order valence-corrected chi connectivity index (χ1v) is 7.10. The van der Waals surface area contributed by atoms with Crippen LogP contribution in [0.2, 0.25) is 0 Å². The van der Waals surface area contributed by atoms with Crippen molar-refractivity contribution in [2.45, 2.75) is 39.8 Å². The third-order valence-corrected chi connectivity index (χ3v) is 2.87. The predicted molar refractivity (Wildman–Crippen MR) is 81.1 cm³/mol. The van der Waals surface area contributed by atoms with Crippen LogP contribution in [-0.4, -0.2) is 47.9 Å². The van der Waals surface area contributed by atoms with Crippen molar-refractivity contribution < 1.29 is 9.84 Å². The molecule has 1 aromatic rings. The molecule has 0 spiro atoms. The lowest BCUT2D eigenvalue weighted by Gasteiger charge is -2.28. The zero-order valence-electron chi connectivity index (χ0n) is 12.9. The molecule has 0 atom stereocenters. The van der Waals surface area contributed by atoms with Crippen LogP contribution in [0.4, 0.5) is 11.6 Å². The molecule has 114 valence electrons. The molecule has 1 aromatic heterocycles. The van der Waals surface area contributed by atoms with Gasteiger partial charge in [-0.05, 0) is 27.2 Å². The maximum absolute atomic E-state index is 9.03. The van der Waals surface area contributed by atoms with E-state index in [0.717, 1.165) is 31.1 Å². The molecule has 0 unspecified atom stereocenters. The molecule has 0 aliphatic heterocycles. The third kappa shape index (κ3) is 4.94. The van der Waals surface area contributed by atoms with Crippen LogP contribution >= 0.6 is 0 Å². The Kier molecular flexibility index (Phi) is 7.25. The first-order chi connectivity index (χ1) is 9.62. The highest BCUT2D eigenvalue weighted by Crippen LogP contribution is 2.19. The molecule has 2 N–H and O–H groups in total. The Balaban J connectivity index is 3.04. The summed E-state index contributed by atoms with van der Waals surface area (Å²) in [5.74, 6) is 2.33. The molecule has 0 saturated heterocycles. The van der Waals surface area contributed by atoms with Crippen LogP contribution in [0, 0.1) is 0 Å². The first kappa shape index (κ1) is 16.7. The van der Waals surface area contributed by atoms with Crippen molar-refractivity contribution in [3.8, 4) is 0 Å². The summed E-state index contributed by atoms with van der Waals surface area (Å²) in [6.07, 6.45) is 0.721. The topological polar surface area (TPSA) is 70.5 Å². The van der Waals surface area contributed by atoms with E-state index in [4.69, 9.17) is 9.84 Å². The Morgan fingerprint density at radius 3 is 2.70 bits per heavy atom. The number of nitrogens with one attached hydrogen (secondary N) is 1. The molecule has 6 nitrogen and oxygen atoms in total. The summed E-state index contributed by atoms with van der Waals surface area (Å²) in [6, 6.07) is 2.25. The lowest BCUT2D eigenvalue weighted by atomic mass is 10.2. The largest absolute Gasteiger partial charge is 0.396 e. The summed E-state index contributed by atoms with van der Waals surface area (Å²) in [7, 11) is 1.63. The van der Waals surface area contributed by atoms with Gasteiger partial charge in [0.05, 0.1) is 0 Å². The van der Waals surface area contributed by atoms with Gasteiger partial charge in [-0.15, -0.1) is 0 Å². The number of aliphatic hydroxyl groups excluding tert-OH is 1. The van der Waals surface area contributed by atoms with Crippen molar-refractivity contribution >= 4 is 11.6 Å². The summed E-state index contributed by atoms with van der Waals surface area (Å²) >= 11 is 0. The molecular formula is C14H26N4O2. The van der Waals surface area contributed by atoms with Crippen LogP contribution in [0.25, 0.3) is 0 Å². The smallest absolute Gasteiger partial charge is 0.158 e. The summed E-state index contributed by atoms with van der Waals surface area (Å²) in [4.78, 5) is 11.1. The normalized spacial score (nSPS) is 10.9. The number of anilines is 2. The van der Waals surface area contributed by atoms with Crippen molar-refractivity contribution in [1.29, 1.82) is 0 Å². The van der Waals surface area contributed by atoms with Crippen LogP contribution < -0.4 is 10.2 Å². The molecule has 20 heavy (non-hydrogen) atoms. The molecule has 0 aliphatic rings. The van der Waals surface area contributed by atoms with Gasteiger partial charge in [0.15, 0.2) is 5.82 Å². The molecule has 0 bridgehead atoms. The molecule has 0 saturated carbocycles. The van der Waals surface area contributed by atoms with E-state index >= 15 is 0 Å². The molecule has 0 fully saturated rings. The highest BCUT2D eigenvalue weighted by molar-refractivity contribution is 5.50. The van der Waals surface area contributed by atoms with E-state index in [1.165, 1.54) is 0 Å². The third-order valence-electron chi connectivity index (χ3n) is 2.87. The Morgan fingerprint density at radius 2 is 2.15 bits per heavy atom. The zero-order chi connectivity index (χ0) is 15.0. The lowest BCUT2D eigenvalue weighted by Crippen LogP contribution is -2.33. The number of aliphatic hydroxyl groups is 1. The molecule has 0 aromatic carbocycles. The number of aromatic nitrogens is 2. The summed E-state index contributed by atoms with van der Waals surface area (Å²) in [5, 5.41) is 12.2. The van der Waals surface area contributed by atoms with Crippen molar-refractivity contribution in [3.05, 3.63) is 11.9 Å². The van der Waals surface area contributed by atoms with Crippen LogP contribution in [0.5, 0.6) is 0 Å². The van der Waals surface area contributed by atoms with Gasteiger partial charge in [-0.2, -0.15) is 0 Å². The second-order valence-electron chi connectivity index (χ2n) is 4.86. The van der Waals surface area contributed by atoms with E-state index < -0.39 is 0 Å². The molecule has 1 heterocycles. The van der Waals surface area contributed by atoms with Crippen LogP contribution in [0.3, 0.4) is 0 Å². The monoisotopic (exact) mass is 282 g/mol. The number of nitrogens with zero attached hydrogens (tertiary/aromatic N) is 3. The van der Waals surface area contributed by atoms with Crippen molar-refractivity contribution in [3.63, 3.8) is 0 Å². The summed E-state index contributed by atoms with van der Waals surface area (Å²) in [6.45, 7) is 8.40. The molecule has 0 radical (unpaired) electrons. The van der Waals surface area contributed by atoms with Gasteiger partial charge < -0.3 is 20.1 Å². The van der Waals surface area contributed by atoms with Gasteiger partial charge in [0.1, 0.15) is 18.2 Å². The van der Waals surface area contributed by atoms with Crippen LogP contribution in [0.15, 0.2) is 6.07 Å². The quantitative estimate of drug-likeness (QED) is 0.717. The molecular weight excluding hydrogens is 256 g/mol. The Bertz CT molecular complexity index is 375. The number of hydrogen-bond donors (Lipinski definition) is 2. The number of hydrogen-bond acceptors (Lipinski definition) is 6. The molecule has 0 amide bonds. The number of methoxy groups -OCH3 is 1. The van der Waals surface area contributed by atoms with E-state index in [-0.39, 0.29) is 6.61 Å². The van der Waals surface area contributed by atoms with Gasteiger partial charge in [-0.25, -0.2) is 9.97 Å². The van der Waals surface area contributed by atoms with Crippen molar-refractivity contribution in [1.82, 2.24) is 9.97 Å². The highest BCUT2D eigenvalue weighted by Gasteiger charge is 2.14. The maximum Gasteiger partial charge on any atom is 0.158 e. The van der Waals surface area contributed by atoms with E-state index in [1.54, 1.807) is 7.11 Å². The van der Waals surface area contributed by atoms with Crippen LogP contribution in [-0.2, 0) is 11.3 Å². The standard InChI is InChI=1S/C14H26N4O2/c1-5-15-12-9-14(17-13(16-12)10-20-4)18(11(2)3)7-6-8-19/h9,11,19H,5-8,10H2,1-4H3,(H,15,16,17). The fourth-order valence-corrected chi connectivity index (χ4v) is 1.97. The second-order valence-corrected chi connectivity index (χ2v) is 4.86. The second kappa shape index (κ2) is 8.71. The van der Waals surface area contributed by atoms with E-state index in [9.17, 15) is 0 Å². The number of ether oxygens (including phenoxy) is 1. The highest BCUT2D eigenvalue weighted by atomic mass is 16.5. The Labute approximate surface area is 121 Å². The van der Waals surface area contributed by atoms with Gasteiger partial charge >= 0.3 is 0 Å². The first-order valence-electron chi connectivity index (χ1n) is 7.10. The van der Waals surface area contributed by atoms with Gasteiger partial charge in [0.2, 0.25) is 0 Å². The van der Waals surface area contributed by atoms with Gasteiger partial charge in [0, 0.05) is 38.9 Å². The fraction of sp³-hybridized carbons (Fsp3) is 0.714. The Hall–Kier alpha value is -1.40. The number of rotatable bonds is 9.